The lowest BCUT2D eigenvalue weighted by Gasteiger charge is -2.35. The maximum Gasteiger partial charge on any atom is 0.494 e. The summed E-state index contributed by atoms with van der Waals surface area (Å²) in [6.45, 7) is 8.47. The first kappa shape index (κ1) is 23.9. The summed E-state index contributed by atoms with van der Waals surface area (Å²) in [5, 5.41) is 0. The number of fused-ring (bicyclic) bond motifs is 12. The molecule has 0 N–H and O–H groups in total. The number of hydrogen-bond donors (Lipinski definition) is 0. The first-order valence-electron chi connectivity index (χ1n) is 14.2. The maximum absolute atomic E-state index is 6.55. The fourth-order valence-electron chi connectivity index (χ4n) is 7.19. The molecule has 1 fully saturated rings. The first-order valence-corrected chi connectivity index (χ1v) is 14.2. The van der Waals surface area contributed by atoms with Gasteiger partial charge in [-0.2, -0.15) is 0 Å². The Bertz CT molecular complexity index is 1750. The van der Waals surface area contributed by atoms with Crippen molar-refractivity contribution in [1.29, 1.82) is 0 Å². The summed E-state index contributed by atoms with van der Waals surface area (Å²) >= 11 is 0. The van der Waals surface area contributed by atoms with Gasteiger partial charge in [0.1, 0.15) is 0 Å². The van der Waals surface area contributed by atoms with E-state index in [1.165, 1.54) is 55.6 Å². The van der Waals surface area contributed by atoms with Crippen LogP contribution in [-0.2, 0) is 14.7 Å². The highest BCUT2D eigenvalue weighted by Crippen LogP contribution is 2.61. The van der Waals surface area contributed by atoms with Gasteiger partial charge in [0, 0.05) is 0 Å². The molecule has 0 radical (unpaired) electrons. The quantitative estimate of drug-likeness (QED) is 0.205. The van der Waals surface area contributed by atoms with Gasteiger partial charge in [-0.15, -0.1) is 0 Å². The van der Waals surface area contributed by atoms with Gasteiger partial charge < -0.3 is 9.31 Å². The molecule has 2 aliphatic carbocycles. The summed E-state index contributed by atoms with van der Waals surface area (Å²) in [5.74, 6) is 0. The Morgan fingerprint density at radius 3 is 1.27 bits per heavy atom. The van der Waals surface area contributed by atoms with Gasteiger partial charge in [0.2, 0.25) is 0 Å². The van der Waals surface area contributed by atoms with Gasteiger partial charge in [0.25, 0.3) is 0 Å². The molecule has 0 unspecified atom stereocenters. The van der Waals surface area contributed by atoms with Crippen molar-refractivity contribution in [3.8, 4) is 33.4 Å². The van der Waals surface area contributed by atoms with Crippen LogP contribution in [-0.4, -0.2) is 18.3 Å². The molecular weight excluding hydrogens is 487 g/mol. The van der Waals surface area contributed by atoms with Crippen LogP contribution < -0.4 is 5.46 Å². The lowest BCUT2D eigenvalue weighted by molar-refractivity contribution is 0.00578. The predicted molar refractivity (Wildman–Crippen MR) is 164 cm³/mol. The van der Waals surface area contributed by atoms with Crippen molar-refractivity contribution >= 4 is 12.6 Å². The minimum atomic E-state index is -0.488. The van der Waals surface area contributed by atoms with Crippen LogP contribution in [0, 0.1) is 0 Å². The van der Waals surface area contributed by atoms with Crippen LogP contribution >= 0.6 is 0 Å². The van der Waals surface area contributed by atoms with Gasteiger partial charge in [0.15, 0.2) is 0 Å². The van der Waals surface area contributed by atoms with Gasteiger partial charge in [-0.1, -0.05) is 115 Å². The second kappa shape index (κ2) is 8.07. The molecule has 1 saturated heterocycles. The molecule has 5 aromatic rings. The molecule has 3 aliphatic rings. The largest absolute Gasteiger partial charge is 0.494 e. The van der Waals surface area contributed by atoms with Gasteiger partial charge in [-0.3, -0.25) is 0 Å². The summed E-state index contributed by atoms with van der Waals surface area (Å²) in [6.07, 6.45) is 0. The Kier molecular flexibility index (Phi) is 4.83. The zero-order valence-corrected chi connectivity index (χ0v) is 23.4. The smallest absolute Gasteiger partial charge is 0.399 e. The third-order valence-corrected chi connectivity index (χ3v) is 9.76. The Balaban J connectivity index is 1.49. The van der Waals surface area contributed by atoms with Gasteiger partial charge in [0.05, 0.1) is 16.6 Å². The minimum absolute atomic E-state index is 0.402. The van der Waals surface area contributed by atoms with E-state index >= 15 is 0 Å². The van der Waals surface area contributed by atoms with Crippen molar-refractivity contribution in [2.24, 2.45) is 0 Å². The molecule has 1 spiro atoms. The van der Waals surface area contributed by atoms with E-state index in [0.29, 0.717) is 0 Å². The second-order valence-electron chi connectivity index (χ2n) is 12.3. The SMILES string of the molecule is CC1(C)OB(c2ccc3c(c2)C2(c4ccccc4-c4ccccc4-c4ccccc42)c2ccccc2-3)OC1(C)C. The molecular formula is C37H31BO2. The molecule has 3 heteroatoms. The fourth-order valence-corrected chi connectivity index (χ4v) is 7.19. The zero-order chi connectivity index (χ0) is 27.3. The van der Waals surface area contributed by atoms with Gasteiger partial charge >= 0.3 is 7.12 Å². The van der Waals surface area contributed by atoms with E-state index in [1.807, 2.05) is 0 Å². The van der Waals surface area contributed by atoms with Crippen molar-refractivity contribution in [3.05, 3.63) is 138 Å². The molecule has 0 atom stereocenters. The second-order valence-corrected chi connectivity index (χ2v) is 12.3. The lowest BCUT2D eigenvalue weighted by Crippen LogP contribution is -2.41. The summed E-state index contributed by atoms with van der Waals surface area (Å²) in [5.41, 5.74) is 12.6. The van der Waals surface area contributed by atoms with E-state index in [9.17, 15) is 0 Å². The molecule has 0 saturated carbocycles. The molecule has 2 nitrogen and oxygen atoms in total. The lowest BCUT2D eigenvalue weighted by atomic mass is 9.64. The van der Waals surface area contributed by atoms with Gasteiger partial charge in [-0.05, 0) is 88.8 Å². The van der Waals surface area contributed by atoms with Crippen molar-refractivity contribution in [2.45, 2.75) is 44.3 Å². The van der Waals surface area contributed by atoms with Crippen LogP contribution in [0.5, 0.6) is 0 Å². The molecule has 0 bridgehead atoms. The molecule has 8 rings (SSSR count). The minimum Gasteiger partial charge on any atom is -0.399 e. The average molecular weight is 518 g/mol. The van der Waals surface area contributed by atoms with Gasteiger partial charge in [-0.25, -0.2) is 0 Å². The van der Waals surface area contributed by atoms with Crippen LogP contribution in [0.25, 0.3) is 33.4 Å². The third kappa shape index (κ3) is 2.97. The van der Waals surface area contributed by atoms with Crippen molar-refractivity contribution in [2.75, 3.05) is 0 Å². The Morgan fingerprint density at radius 2 is 0.800 bits per heavy atom. The number of benzene rings is 5. The molecule has 1 heterocycles. The zero-order valence-electron chi connectivity index (χ0n) is 23.4. The van der Waals surface area contributed by atoms with E-state index in [2.05, 4.69) is 143 Å². The predicted octanol–water partition coefficient (Wildman–Crippen LogP) is 8.00. The van der Waals surface area contributed by atoms with E-state index in [1.54, 1.807) is 0 Å². The molecule has 5 aromatic carbocycles. The maximum atomic E-state index is 6.55. The van der Waals surface area contributed by atoms with Crippen LogP contribution in [0.4, 0.5) is 0 Å². The summed E-state index contributed by atoms with van der Waals surface area (Å²) in [4.78, 5) is 0. The Hall–Kier alpha value is -3.92. The standard InChI is InChI=1S/C37H31BO2/c1-35(2)36(3,4)40-38(39-35)24-21-22-30-29-17-9-12-20-33(29)37(34(30)23-24)31-18-10-7-15-27(31)25-13-5-6-14-26(25)28-16-8-11-19-32(28)37/h5-23H,1-4H3. The molecule has 0 aromatic heterocycles. The topological polar surface area (TPSA) is 18.5 Å². The van der Waals surface area contributed by atoms with Crippen molar-refractivity contribution in [1.82, 2.24) is 0 Å². The van der Waals surface area contributed by atoms with E-state index in [0.717, 1.165) is 5.46 Å². The normalized spacial score (nSPS) is 18.4. The highest BCUT2D eigenvalue weighted by molar-refractivity contribution is 6.62. The number of rotatable bonds is 1. The number of hydrogen-bond acceptors (Lipinski definition) is 2. The van der Waals surface area contributed by atoms with E-state index in [4.69, 9.17) is 9.31 Å². The van der Waals surface area contributed by atoms with Crippen molar-refractivity contribution in [3.63, 3.8) is 0 Å². The van der Waals surface area contributed by atoms with Crippen LogP contribution in [0.3, 0.4) is 0 Å². The summed E-state index contributed by atoms with van der Waals surface area (Å²) < 4.78 is 13.1. The summed E-state index contributed by atoms with van der Waals surface area (Å²) in [6, 6.07) is 42.6. The van der Waals surface area contributed by atoms with E-state index < -0.39 is 23.7 Å². The molecule has 194 valence electrons. The highest BCUT2D eigenvalue weighted by atomic mass is 16.7. The monoisotopic (exact) mass is 518 g/mol. The third-order valence-electron chi connectivity index (χ3n) is 9.76. The Morgan fingerprint density at radius 1 is 0.425 bits per heavy atom. The molecule has 40 heavy (non-hydrogen) atoms. The molecule has 1 aliphatic heterocycles. The molecule has 0 amide bonds. The van der Waals surface area contributed by atoms with Crippen LogP contribution in [0.2, 0.25) is 0 Å². The van der Waals surface area contributed by atoms with Crippen LogP contribution in [0.15, 0.2) is 115 Å². The summed E-state index contributed by atoms with van der Waals surface area (Å²) in [7, 11) is -0.426. The average Bonchev–Trinajstić information content (AvgIpc) is 3.34. The first-order chi connectivity index (χ1) is 19.3. The Labute approximate surface area is 236 Å². The van der Waals surface area contributed by atoms with Crippen LogP contribution in [0.1, 0.15) is 49.9 Å². The highest BCUT2D eigenvalue weighted by Gasteiger charge is 2.53. The van der Waals surface area contributed by atoms with Crippen molar-refractivity contribution < 1.29 is 9.31 Å². The fraction of sp³-hybridized carbons (Fsp3) is 0.189. The van der Waals surface area contributed by atoms with E-state index in [-0.39, 0.29) is 0 Å².